The van der Waals surface area contributed by atoms with E-state index in [1.807, 2.05) is 7.05 Å². The van der Waals surface area contributed by atoms with Gasteiger partial charge in [0.25, 0.3) is 5.91 Å². The van der Waals surface area contributed by atoms with Gasteiger partial charge in [0.1, 0.15) is 17.9 Å². The predicted molar refractivity (Wildman–Crippen MR) is 92.7 cm³/mol. The molecule has 2 fully saturated rings. The van der Waals surface area contributed by atoms with E-state index in [9.17, 15) is 18.8 Å². The highest BCUT2D eigenvalue weighted by atomic mass is 19.1. The Morgan fingerprint density at radius 3 is 2.46 bits per heavy atom. The van der Waals surface area contributed by atoms with Crippen LogP contribution >= 0.6 is 0 Å². The monoisotopic (exact) mass is 362 g/mol. The van der Waals surface area contributed by atoms with Crippen molar-refractivity contribution in [3.05, 3.63) is 35.6 Å². The third kappa shape index (κ3) is 3.29. The molecule has 2 heterocycles. The summed E-state index contributed by atoms with van der Waals surface area (Å²) in [6.45, 7) is 2.47. The third-order valence-corrected chi connectivity index (χ3v) is 5.25. The molecule has 1 atom stereocenters. The second kappa shape index (κ2) is 7.03. The van der Waals surface area contributed by atoms with Crippen molar-refractivity contribution in [1.82, 2.24) is 20.4 Å². The first-order chi connectivity index (χ1) is 12.3. The van der Waals surface area contributed by atoms with Gasteiger partial charge in [-0.25, -0.2) is 9.18 Å². The number of nitrogens with zero attached hydrogens (tertiary/aromatic N) is 2. The summed E-state index contributed by atoms with van der Waals surface area (Å²) in [5.74, 6) is -1.18. The summed E-state index contributed by atoms with van der Waals surface area (Å²) in [4.78, 5) is 40.2. The van der Waals surface area contributed by atoms with E-state index in [1.165, 1.54) is 24.3 Å². The summed E-state index contributed by atoms with van der Waals surface area (Å²) in [6.07, 6.45) is 1.69. The number of carbonyl (C=O) groups is 3. The maximum atomic E-state index is 13.1. The van der Waals surface area contributed by atoms with Gasteiger partial charge in [-0.05, 0) is 44.5 Å². The van der Waals surface area contributed by atoms with Gasteiger partial charge in [0.2, 0.25) is 5.91 Å². The standard InChI is InChI=1S/C18H23FN4O3/c1-18(12-3-5-13(19)6-4-12)16(25)23(17(26)21-18)11-15(24)22-9-7-14(20-2)8-10-22/h3-6,14,20H,7-11H2,1-2H3,(H,21,26). The molecule has 0 aliphatic carbocycles. The molecule has 0 bridgehead atoms. The van der Waals surface area contributed by atoms with Crippen molar-refractivity contribution in [1.29, 1.82) is 0 Å². The molecule has 1 aromatic carbocycles. The molecule has 0 saturated carbocycles. The lowest BCUT2D eigenvalue weighted by Crippen LogP contribution is -2.48. The minimum absolute atomic E-state index is 0.244. The van der Waals surface area contributed by atoms with Gasteiger partial charge in [-0.15, -0.1) is 0 Å². The van der Waals surface area contributed by atoms with Gasteiger partial charge in [0.05, 0.1) is 0 Å². The number of piperidine rings is 1. The van der Waals surface area contributed by atoms with Crippen molar-refractivity contribution >= 4 is 17.8 Å². The Balaban J connectivity index is 1.69. The molecule has 0 radical (unpaired) electrons. The fourth-order valence-electron chi connectivity index (χ4n) is 3.47. The van der Waals surface area contributed by atoms with Gasteiger partial charge in [0, 0.05) is 19.1 Å². The van der Waals surface area contributed by atoms with Crippen molar-refractivity contribution in [2.24, 2.45) is 0 Å². The Kier molecular flexibility index (Phi) is 4.95. The maximum absolute atomic E-state index is 13.1. The molecule has 2 N–H and O–H groups in total. The Hall–Kier alpha value is -2.48. The Morgan fingerprint density at radius 2 is 1.88 bits per heavy atom. The number of likely N-dealkylation sites (tertiary alicyclic amines) is 1. The summed E-state index contributed by atoms with van der Waals surface area (Å²) in [7, 11) is 1.89. The largest absolute Gasteiger partial charge is 0.341 e. The van der Waals surface area contributed by atoms with Gasteiger partial charge >= 0.3 is 6.03 Å². The Morgan fingerprint density at radius 1 is 1.27 bits per heavy atom. The molecule has 140 valence electrons. The summed E-state index contributed by atoms with van der Waals surface area (Å²) >= 11 is 0. The average Bonchev–Trinajstić information content (AvgIpc) is 2.86. The van der Waals surface area contributed by atoms with Crippen LogP contribution in [0.2, 0.25) is 0 Å². The van der Waals surface area contributed by atoms with E-state index < -0.39 is 23.3 Å². The summed E-state index contributed by atoms with van der Waals surface area (Å²) in [6, 6.07) is 5.17. The van der Waals surface area contributed by atoms with Crippen LogP contribution in [0.3, 0.4) is 0 Å². The van der Waals surface area contributed by atoms with Crippen molar-refractivity contribution in [2.45, 2.75) is 31.3 Å². The number of halogens is 1. The van der Waals surface area contributed by atoms with Crippen LogP contribution in [-0.4, -0.2) is 60.4 Å². The number of carbonyl (C=O) groups excluding carboxylic acids is 3. The van der Waals surface area contributed by atoms with Crippen molar-refractivity contribution < 1.29 is 18.8 Å². The number of amides is 4. The van der Waals surface area contributed by atoms with E-state index in [-0.39, 0.29) is 12.5 Å². The smallest absolute Gasteiger partial charge is 0.325 e. The normalized spacial score (nSPS) is 24.1. The molecular weight excluding hydrogens is 339 g/mol. The van der Waals surface area contributed by atoms with E-state index >= 15 is 0 Å². The first kappa shape index (κ1) is 18.3. The predicted octanol–water partition coefficient (Wildman–Crippen LogP) is 0.803. The maximum Gasteiger partial charge on any atom is 0.325 e. The highest BCUT2D eigenvalue weighted by Gasteiger charge is 2.49. The van der Waals surface area contributed by atoms with Gasteiger partial charge in [0.15, 0.2) is 0 Å². The highest BCUT2D eigenvalue weighted by molar-refractivity contribution is 6.09. The molecular formula is C18H23FN4O3. The van der Waals surface area contributed by atoms with Crippen LogP contribution in [0.1, 0.15) is 25.3 Å². The van der Waals surface area contributed by atoms with Crippen LogP contribution in [0.25, 0.3) is 0 Å². The molecule has 1 unspecified atom stereocenters. The fourth-order valence-corrected chi connectivity index (χ4v) is 3.47. The van der Waals surface area contributed by atoms with E-state index in [4.69, 9.17) is 0 Å². The second-order valence-corrected chi connectivity index (χ2v) is 6.90. The van der Waals surface area contributed by atoms with Crippen molar-refractivity contribution in [3.8, 4) is 0 Å². The molecule has 7 nitrogen and oxygen atoms in total. The summed E-state index contributed by atoms with van der Waals surface area (Å²) in [5, 5.41) is 5.81. The van der Waals surface area contributed by atoms with Gasteiger partial charge in [-0.1, -0.05) is 12.1 Å². The molecule has 0 spiro atoms. The SMILES string of the molecule is CNC1CCN(C(=O)CN2C(=O)NC(C)(c3ccc(F)cc3)C2=O)CC1. The minimum Gasteiger partial charge on any atom is -0.341 e. The van der Waals surface area contributed by atoms with Crippen LogP contribution in [0.4, 0.5) is 9.18 Å². The summed E-state index contributed by atoms with van der Waals surface area (Å²) in [5.41, 5.74) is -0.827. The third-order valence-electron chi connectivity index (χ3n) is 5.25. The van der Waals surface area contributed by atoms with E-state index in [2.05, 4.69) is 10.6 Å². The van der Waals surface area contributed by atoms with Crippen LogP contribution in [0.5, 0.6) is 0 Å². The molecule has 8 heteroatoms. The minimum atomic E-state index is -1.30. The van der Waals surface area contributed by atoms with E-state index in [1.54, 1.807) is 11.8 Å². The number of imide groups is 1. The molecule has 2 saturated heterocycles. The number of nitrogens with one attached hydrogen (secondary N) is 2. The molecule has 4 amide bonds. The molecule has 1 aromatic rings. The molecule has 26 heavy (non-hydrogen) atoms. The first-order valence-corrected chi connectivity index (χ1v) is 8.70. The van der Waals surface area contributed by atoms with Crippen LogP contribution < -0.4 is 10.6 Å². The van der Waals surface area contributed by atoms with E-state index in [0.29, 0.717) is 24.7 Å². The zero-order chi connectivity index (χ0) is 18.9. The highest BCUT2D eigenvalue weighted by Crippen LogP contribution is 2.29. The number of hydrogen-bond donors (Lipinski definition) is 2. The number of hydrogen-bond acceptors (Lipinski definition) is 4. The second-order valence-electron chi connectivity index (χ2n) is 6.90. The Labute approximate surface area is 151 Å². The number of urea groups is 1. The zero-order valence-electron chi connectivity index (χ0n) is 14.9. The molecule has 2 aliphatic rings. The van der Waals surface area contributed by atoms with Crippen LogP contribution in [-0.2, 0) is 15.1 Å². The molecule has 3 rings (SSSR count). The topological polar surface area (TPSA) is 81.8 Å². The first-order valence-electron chi connectivity index (χ1n) is 8.70. The number of rotatable bonds is 4. The van der Waals surface area contributed by atoms with Gasteiger partial charge in [-0.2, -0.15) is 0 Å². The summed E-state index contributed by atoms with van der Waals surface area (Å²) < 4.78 is 13.1. The van der Waals surface area contributed by atoms with Crippen molar-refractivity contribution in [3.63, 3.8) is 0 Å². The molecule has 2 aliphatic heterocycles. The van der Waals surface area contributed by atoms with Gasteiger partial charge < -0.3 is 15.5 Å². The van der Waals surface area contributed by atoms with Gasteiger partial charge in [-0.3, -0.25) is 14.5 Å². The quantitative estimate of drug-likeness (QED) is 0.777. The fraction of sp³-hybridized carbons (Fsp3) is 0.500. The lowest BCUT2D eigenvalue weighted by Gasteiger charge is -2.32. The van der Waals surface area contributed by atoms with E-state index in [0.717, 1.165) is 17.7 Å². The van der Waals surface area contributed by atoms with Crippen LogP contribution in [0.15, 0.2) is 24.3 Å². The zero-order valence-corrected chi connectivity index (χ0v) is 14.9. The van der Waals surface area contributed by atoms with Crippen molar-refractivity contribution in [2.75, 3.05) is 26.7 Å². The lowest BCUT2D eigenvalue weighted by molar-refractivity contribution is -0.139. The molecule has 0 aromatic heterocycles. The average molecular weight is 362 g/mol. The lowest BCUT2D eigenvalue weighted by atomic mass is 9.92. The van der Waals surface area contributed by atoms with Crippen LogP contribution in [0, 0.1) is 5.82 Å². The number of benzene rings is 1. The Bertz CT molecular complexity index is 716.